The van der Waals surface area contributed by atoms with Crippen molar-refractivity contribution in [1.82, 2.24) is 19.7 Å². The first-order chi connectivity index (χ1) is 16.2. The fraction of sp³-hybridized carbons (Fsp3) is 0.375. The number of amides is 1. The van der Waals surface area contributed by atoms with E-state index in [1.807, 2.05) is 0 Å². The fourth-order valence-electron chi connectivity index (χ4n) is 4.25. The Morgan fingerprint density at radius 1 is 1.12 bits per heavy atom. The molecule has 0 saturated heterocycles. The summed E-state index contributed by atoms with van der Waals surface area (Å²) in [5.74, 6) is -1.08. The highest BCUT2D eigenvalue weighted by molar-refractivity contribution is 5.90. The molecule has 0 bridgehead atoms. The molecule has 1 aliphatic carbocycles. The molecule has 2 aromatic carbocycles. The number of halogens is 4. The Bertz CT molecular complexity index is 1140. The molecule has 0 radical (unpaired) electrons. The highest BCUT2D eigenvalue weighted by Crippen LogP contribution is 2.30. The summed E-state index contributed by atoms with van der Waals surface area (Å²) in [6.07, 6.45) is 1.56. The summed E-state index contributed by atoms with van der Waals surface area (Å²) in [4.78, 5) is 19.1. The van der Waals surface area contributed by atoms with E-state index in [4.69, 9.17) is 0 Å². The summed E-state index contributed by atoms with van der Waals surface area (Å²) in [7, 11) is 1.69. The first-order valence-corrected chi connectivity index (χ1v) is 11.0. The molecule has 1 aromatic heterocycles. The van der Waals surface area contributed by atoms with Crippen LogP contribution in [-0.2, 0) is 13.6 Å². The third-order valence-electron chi connectivity index (χ3n) is 5.85. The minimum atomic E-state index is -4.80. The van der Waals surface area contributed by atoms with Crippen LogP contribution in [0.2, 0.25) is 0 Å². The van der Waals surface area contributed by atoms with E-state index in [0.29, 0.717) is 11.1 Å². The normalized spacial score (nSPS) is 14.7. The molecule has 6 nitrogen and oxygen atoms in total. The zero-order valence-corrected chi connectivity index (χ0v) is 18.6. The van der Waals surface area contributed by atoms with E-state index in [1.165, 1.54) is 29.2 Å². The smallest absolute Gasteiger partial charge is 0.406 e. The third-order valence-corrected chi connectivity index (χ3v) is 5.85. The molecule has 1 amide bonds. The van der Waals surface area contributed by atoms with Gasteiger partial charge in [0.05, 0.1) is 0 Å². The average Bonchev–Trinajstić information content (AvgIpc) is 3.24. The number of alkyl halides is 3. The van der Waals surface area contributed by atoms with E-state index in [-0.39, 0.29) is 35.6 Å². The second-order valence-corrected chi connectivity index (χ2v) is 8.35. The van der Waals surface area contributed by atoms with Gasteiger partial charge in [0.1, 0.15) is 17.9 Å². The predicted molar refractivity (Wildman–Crippen MR) is 116 cm³/mol. The summed E-state index contributed by atoms with van der Waals surface area (Å²) in [5, 5.41) is 4.14. The lowest BCUT2D eigenvalue weighted by Crippen LogP contribution is -2.41. The summed E-state index contributed by atoms with van der Waals surface area (Å²) < 4.78 is 57.2. The zero-order valence-electron chi connectivity index (χ0n) is 18.6. The molecule has 0 unspecified atom stereocenters. The molecule has 0 atom stereocenters. The molecule has 1 saturated carbocycles. The number of rotatable bonds is 6. The van der Waals surface area contributed by atoms with Crippen molar-refractivity contribution in [3.63, 3.8) is 0 Å². The van der Waals surface area contributed by atoms with E-state index in [0.717, 1.165) is 44.2 Å². The summed E-state index contributed by atoms with van der Waals surface area (Å²) in [6.45, 7) is 0.240. The van der Waals surface area contributed by atoms with Gasteiger partial charge in [0.2, 0.25) is 5.82 Å². The maximum atomic E-state index is 14.6. The van der Waals surface area contributed by atoms with Crippen molar-refractivity contribution in [2.45, 2.75) is 51.1 Å². The zero-order chi connectivity index (χ0) is 24.3. The van der Waals surface area contributed by atoms with Gasteiger partial charge < -0.3 is 9.64 Å². The molecule has 1 heterocycles. The number of nitrogens with zero attached hydrogens (tertiary/aromatic N) is 4. The van der Waals surface area contributed by atoms with Crippen LogP contribution in [0, 0.1) is 5.82 Å². The highest BCUT2D eigenvalue weighted by atomic mass is 19.4. The van der Waals surface area contributed by atoms with Crippen molar-refractivity contribution in [2.24, 2.45) is 7.05 Å². The predicted octanol–water partition coefficient (Wildman–Crippen LogP) is 5.49. The Kier molecular flexibility index (Phi) is 6.85. The average molecular weight is 476 g/mol. The van der Waals surface area contributed by atoms with Crippen LogP contribution in [0.15, 0.2) is 48.8 Å². The van der Waals surface area contributed by atoms with Crippen molar-refractivity contribution in [1.29, 1.82) is 0 Å². The Balaban J connectivity index is 1.60. The van der Waals surface area contributed by atoms with E-state index in [1.54, 1.807) is 24.1 Å². The van der Waals surface area contributed by atoms with Crippen LogP contribution in [0.25, 0.3) is 11.1 Å². The molecule has 0 spiro atoms. The van der Waals surface area contributed by atoms with Crippen molar-refractivity contribution in [3.8, 4) is 16.9 Å². The van der Waals surface area contributed by atoms with Gasteiger partial charge in [-0.3, -0.25) is 9.48 Å². The second kappa shape index (κ2) is 9.82. The summed E-state index contributed by atoms with van der Waals surface area (Å²) in [5.41, 5.74) is 1.32. The van der Waals surface area contributed by atoms with Crippen LogP contribution >= 0.6 is 0 Å². The Hall–Kier alpha value is -3.43. The number of benzene rings is 2. The van der Waals surface area contributed by atoms with Gasteiger partial charge in [0, 0.05) is 25.2 Å². The molecule has 10 heteroatoms. The first kappa shape index (κ1) is 23.7. The van der Waals surface area contributed by atoms with Crippen LogP contribution in [-0.4, -0.2) is 38.0 Å². The van der Waals surface area contributed by atoms with E-state index in [9.17, 15) is 22.4 Å². The lowest BCUT2D eigenvalue weighted by atomic mass is 9.93. The number of aromatic nitrogens is 3. The Labute approximate surface area is 194 Å². The van der Waals surface area contributed by atoms with Gasteiger partial charge in [-0.2, -0.15) is 0 Å². The molecule has 4 rings (SSSR count). The number of carbonyl (C=O) groups excluding carboxylic acids is 1. The molecular formula is C24H24F4N4O2. The lowest BCUT2D eigenvalue weighted by Gasteiger charge is -2.34. The van der Waals surface area contributed by atoms with Gasteiger partial charge in [-0.1, -0.05) is 37.5 Å². The Morgan fingerprint density at radius 3 is 2.44 bits per heavy atom. The van der Waals surface area contributed by atoms with Crippen molar-refractivity contribution in [3.05, 3.63) is 66.0 Å². The van der Waals surface area contributed by atoms with Crippen LogP contribution in [0.4, 0.5) is 17.6 Å². The molecular weight excluding hydrogens is 452 g/mol. The third kappa shape index (κ3) is 5.73. The molecule has 0 N–H and O–H groups in total. The van der Waals surface area contributed by atoms with Crippen molar-refractivity contribution in [2.75, 3.05) is 0 Å². The van der Waals surface area contributed by atoms with Gasteiger partial charge in [-0.05, 0) is 48.2 Å². The van der Waals surface area contributed by atoms with E-state index >= 15 is 0 Å². The van der Waals surface area contributed by atoms with Gasteiger partial charge in [-0.15, -0.1) is 18.3 Å². The molecule has 180 valence electrons. The fourth-order valence-corrected chi connectivity index (χ4v) is 4.25. The highest BCUT2D eigenvalue weighted by Gasteiger charge is 2.31. The largest absolute Gasteiger partial charge is 0.573 e. The van der Waals surface area contributed by atoms with E-state index in [2.05, 4.69) is 14.8 Å². The number of hydrogen-bond donors (Lipinski definition) is 0. The molecule has 34 heavy (non-hydrogen) atoms. The Morgan fingerprint density at radius 2 is 1.82 bits per heavy atom. The first-order valence-electron chi connectivity index (χ1n) is 11.0. The number of carbonyl (C=O) groups is 1. The van der Waals surface area contributed by atoms with Gasteiger partial charge in [0.15, 0.2) is 0 Å². The van der Waals surface area contributed by atoms with Gasteiger partial charge in [0.25, 0.3) is 5.91 Å². The van der Waals surface area contributed by atoms with Crippen molar-refractivity contribution >= 4 is 5.91 Å². The molecule has 1 aliphatic rings. The number of hydrogen-bond acceptors (Lipinski definition) is 4. The molecule has 0 aliphatic heterocycles. The minimum absolute atomic E-state index is 0.0253. The molecule has 3 aromatic rings. The second-order valence-electron chi connectivity index (χ2n) is 8.35. The maximum absolute atomic E-state index is 14.6. The van der Waals surface area contributed by atoms with Crippen LogP contribution < -0.4 is 4.74 Å². The van der Waals surface area contributed by atoms with Crippen LogP contribution in [0.5, 0.6) is 5.75 Å². The number of ether oxygens (including phenoxy) is 1. The summed E-state index contributed by atoms with van der Waals surface area (Å²) in [6, 6.07) is 9.55. The SMILES string of the molecule is Cn1cnc(C(=O)N(Cc2ccc(F)c(-c3ccc(OC(F)(F)F)cc3)c2)C2CCCCC2)n1. The van der Waals surface area contributed by atoms with Gasteiger partial charge in [-0.25, -0.2) is 9.37 Å². The molecule has 1 fully saturated rings. The van der Waals surface area contributed by atoms with Gasteiger partial charge >= 0.3 is 6.36 Å². The maximum Gasteiger partial charge on any atom is 0.573 e. The monoisotopic (exact) mass is 476 g/mol. The summed E-state index contributed by atoms with van der Waals surface area (Å²) >= 11 is 0. The quantitative estimate of drug-likeness (QED) is 0.441. The standard InChI is InChI=1S/C24H24F4N4O2/c1-31-15-29-22(30-31)23(33)32(18-5-3-2-4-6-18)14-16-7-12-21(25)20(13-16)17-8-10-19(11-9-17)34-24(26,27)28/h7-13,15,18H,2-6,14H2,1H3. The van der Waals surface area contributed by atoms with E-state index < -0.39 is 12.2 Å². The van der Waals surface area contributed by atoms with Crippen LogP contribution in [0.3, 0.4) is 0 Å². The topological polar surface area (TPSA) is 60.2 Å². The minimum Gasteiger partial charge on any atom is -0.406 e. The number of aryl methyl sites for hydroxylation is 1. The lowest BCUT2D eigenvalue weighted by molar-refractivity contribution is -0.274. The van der Waals surface area contributed by atoms with Crippen LogP contribution in [0.1, 0.15) is 48.3 Å². The van der Waals surface area contributed by atoms with Crippen molar-refractivity contribution < 1.29 is 27.1 Å².